The Morgan fingerprint density at radius 2 is 1.88 bits per heavy atom. The minimum absolute atomic E-state index is 0.181. The van der Waals surface area contributed by atoms with Gasteiger partial charge in [0.1, 0.15) is 0 Å². The highest BCUT2D eigenvalue weighted by Gasteiger charge is 2.25. The van der Waals surface area contributed by atoms with E-state index in [4.69, 9.17) is 11.6 Å². The van der Waals surface area contributed by atoms with E-state index in [1.807, 2.05) is 18.2 Å². The van der Waals surface area contributed by atoms with Crippen LogP contribution in [0.3, 0.4) is 0 Å². The van der Waals surface area contributed by atoms with E-state index in [0.717, 1.165) is 43.3 Å². The first kappa shape index (κ1) is 17.6. The van der Waals surface area contributed by atoms with Crippen LogP contribution in [0, 0.1) is 5.92 Å². The summed E-state index contributed by atoms with van der Waals surface area (Å²) in [5.74, 6) is 0.791. The highest BCUT2D eigenvalue weighted by Crippen LogP contribution is 2.26. The zero-order valence-electron chi connectivity index (χ0n) is 14.5. The molecule has 0 aromatic heterocycles. The molecule has 2 fully saturated rings. The maximum Gasteiger partial charge on any atom is 0.234 e. The second-order valence-corrected chi connectivity index (χ2v) is 7.56. The van der Waals surface area contributed by atoms with Gasteiger partial charge >= 0.3 is 0 Å². The molecule has 0 unspecified atom stereocenters. The lowest BCUT2D eigenvalue weighted by Crippen LogP contribution is -2.51. The maximum atomic E-state index is 12.3. The average Bonchev–Trinajstić information content (AvgIpc) is 2.58. The molecule has 1 saturated heterocycles. The minimum atomic E-state index is 0.181. The summed E-state index contributed by atoms with van der Waals surface area (Å²) in [5, 5.41) is 4.05. The largest absolute Gasteiger partial charge is 0.368 e. The van der Waals surface area contributed by atoms with E-state index in [-0.39, 0.29) is 5.91 Å². The number of piperazine rings is 1. The molecule has 1 saturated carbocycles. The molecule has 5 heteroatoms. The van der Waals surface area contributed by atoms with Crippen molar-refractivity contribution in [2.75, 3.05) is 37.6 Å². The molecule has 0 bridgehead atoms. The van der Waals surface area contributed by atoms with Crippen LogP contribution in [0.25, 0.3) is 0 Å². The van der Waals surface area contributed by atoms with Crippen LogP contribution in [0.2, 0.25) is 5.02 Å². The SMILES string of the molecule is C[C@@H]1CCCC[C@H]1NC(=O)CN1CCN(c2ccccc2Cl)CC1. The van der Waals surface area contributed by atoms with E-state index >= 15 is 0 Å². The number of anilines is 1. The van der Waals surface area contributed by atoms with Crippen LogP contribution in [-0.2, 0) is 4.79 Å². The zero-order valence-corrected chi connectivity index (χ0v) is 15.3. The first-order valence-corrected chi connectivity index (χ1v) is 9.52. The summed E-state index contributed by atoms with van der Waals surface area (Å²) < 4.78 is 0. The second-order valence-electron chi connectivity index (χ2n) is 7.15. The number of halogens is 1. The predicted molar refractivity (Wildman–Crippen MR) is 99.7 cm³/mol. The monoisotopic (exact) mass is 349 g/mol. The number of benzene rings is 1. The molecule has 1 aliphatic carbocycles. The van der Waals surface area contributed by atoms with Crippen molar-refractivity contribution in [3.63, 3.8) is 0 Å². The molecule has 0 radical (unpaired) electrons. The third-order valence-electron chi connectivity index (χ3n) is 5.39. The molecule has 2 aliphatic rings. The standard InChI is InChI=1S/C19H28ClN3O/c1-15-6-2-4-8-17(15)21-19(24)14-22-10-12-23(13-11-22)18-9-5-3-7-16(18)20/h3,5,7,9,15,17H,2,4,6,8,10-14H2,1H3,(H,21,24)/t15-,17-/m1/s1. The summed E-state index contributed by atoms with van der Waals surface area (Å²) >= 11 is 6.28. The van der Waals surface area contributed by atoms with Gasteiger partial charge in [-0.05, 0) is 30.9 Å². The summed E-state index contributed by atoms with van der Waals surface area (Å²) in [6.45, 7) is 6.40. The molecule has 2 atom stereocenters. The van der Waals surface area contributed by atoms with Gasteiger partial charge in [0.05, 0.1) is 17.3 Å². The van der Waals surface area contributed by atoms with Crippen molar-refractivity contribution in [1.82, 2.24) is 10.2 Å². The summed E-state index contributed by atoms with van der Waals surface area (Å²) in [6, 6.07) is 8.35. The van der Waals surface area contributed by atoms with Gasteiger partial charge in [0, 0.05) is 32.2 Å². The summed E-state index contributed by atoms with van der Waals surface area (Å²) in [5.41, 5.74) is 1.10. The number of hydrogen-bond donors (Lipinski definition) is 1. The number of carbonyl (C=O) groups excluding carboxylic acids is 1. The third-order valence-corrected chi connectivity index (χ3v) is 5.71. The van der Waals surface area contributed by atoms with Crippen molar-refractivity contribution < 1.29 is 4.79 Å². The maximum absolute atomic E-state index is 12.3. The van der Waals surface area contributed by atoms with Crippen LogP contribution in [0.1, 0.15) is 32.6 Å². The van der Waals surface area contributed by atoms with Crippen molar-refractivity contribution in [3.05, 3.63) is 29.3 Å². The molecule has 1 heterocycles. The Morgan fingerprint density at radius 3 is 2.58 bits per heavy atom. The Morgan fingerprint density at radius 1 is 1.17 bits per heavy atom. The fourth-order valence-corrected chi connectivity index (χ4v) is 4.10. The van der Waals surface area contributed by atoms with Crippen molar-refractivity contribution in [2.45, 2.75) is 38.6 Å². The highest BCUT2D eigenvalue weighted by atomic mass is 35.5. The average molecular weight is 350 g/mol. The minimum Gasteiger partial charge on any atom is -0.368 e. The van der Waals surface area contributed by atoms with E-state index in [1.165, 1.54) is 19.3 Å². The van der Waals surface area contributed by atoms with Gasteiger partial charge in [-0.2, -0.15) is 0 Å². The number of para-hydroxylation sites is 1. The lowest BCUT2D eigenvalue weighted by molar-refractivity contribution is -0.123. The molecule has 1 N–H and O–H groups in total. The van der Waals surface area contributed by atoms with Gasteiger partial charge in [0.25, 0.3) is 0 Å². The van der Waals surface area contributed by atoms with Crippen LogP contribution in [0.5, 0.6) is 0 Å². The van der Waals surface area contributed by atoms with Crippen LogP contribution >= 0.6 is 11.6 Å². The van der Waals surface area contributed by atoms with Crippen molar-refractivity contribution in [1.29, 1.82) is 0 Å². The Bertz CT molecular complexity index is 557. The Labute approximate surface area is 150 Å². The Hall–Kier alpha value is -1.26. The number of nitrogens with one attached hydrogen (secondary N) is 1. The van der Waals surface area contributed by atoms with Crippen LogP contribution in [0.4, 0.5) is 5.69 Å². The number of rotatable bonds is 4. The molecule has 1 aromatic rings. The van der Waals surface area contributed by atoms with Gasteiger partial charge in [0.2, 0.25) is 5.91 Å². The quantitative estimate of drug-likeness (QED) is 0.907. The number of nitrogens with zero attached hydrogens (tertiary/aromatic N) is 2. The molecular weight excluding hydrogens is 322 g/mol. The smallest absolute Gasteiger partial charge is 0.234 e. The van der Waals surface area contributed by atoms with E-state index in [9.17, 15) is 4.79 Å². The topological polar surface area (TPSA) is 35.6 Å². The molecule has 4 nitrogen and oxygen atoms in total. The molecule has 24 heavy (non-hydrogen) atoms. The van der Waals surface area contributed by atoms with E-state index in [2.05, 4.69) is 28.1 Å². The Balaban J connectivity index is 1.45. The first-order chi connectivity index (χ1) is 11.6. The fraction of sp³-hybridized carbons (Fsp3) is 0.632. The molecule has 1 aromatic carbocycles. The van der Waals surface area contributed by atoms with Gasteiger partial charge in [-0.3, -0.25) is 9.69 Å². The van der Waals surface area contributed by atoms with Gasteiger partial charge in [-0.1, -0.05) is 43.5 Å². The van der Waals surface area contributed by atoms with E-state index in [1.54, 1.807) is 0 Å². The van der Waals surface area contributed by atoms with E-state index in [0.29, 0.717) is 18.5 Å². The molecule has 0 spiro atoms. The van der Waals surface area contributed by atoms with Crippen LogP contribution in [0.15, 0.2) is 24.3 Å². The third kappa shape index (κ3) is 4.42. The number of amides is 1. The van der Waals surface area contributed by atoms with Crippen molar-refractivity contribution in [2.24, 2.45) is 5.92 Å². The van der Waals surface area contributed by atoms with Gasteiger partial charge in [-0.15, -0.1) is 0 Å². The molecular formula is C19H28ClN3O. The molecule has 1 amide bonds. The van der Waals surface area contributed by atoms with Crippen molar-refractivity contribution >= 4 is 23.2 Å². The van der Waals surface area contributed by atoms with E-state index < -0.39 is 0 Å². The summed E-state index contributed by atoms with van der Waals surface area (Å²) in [6.07, 6.45) is 4.91. The first-order valence-electron chi connectivity index (χ1n) is 9.14. The highest BCUT2D eigenvalue weighted by molar-refractivity contribution is 6.33. The molecule has 3 rings (SSSR count). The number of carbonyl (C=O) groups is 1. The van der Waals surface area contributed by atoms with Crippen LogP contribution < -0.4 is 10.2 Å². The second kappa shape index (κ2) is 8.21. The molecule has 132 valence electrons. The normalized spacial score (nSPS) is 25.5. The van der Waals surface area contributed by atoms with Gasteiger partial charge in [0.15, 0.2) is 0 Å². The number of hydrogen-bond acceptors (Lipinski definition) is 3. The molecule has 1 aliphatic heterocycles. The van der Waals surface area contributed by atoms with Gasteiger partial charge < -0.3 is 10.2 Å². The summed E-state index contributed by atoms with van der Waals surface area (Å²) in [7, 11) is 0. The van der Waals surface area contributed by atoms with Gasteiger partial charge in [-0.25, -0.2) is 0 Å². The fourth-order valence-electron chi connectivity index (χ4n) is 3.84. The van der Waals surface area contributed by atoms with Crippen molar-refractivity contribution in [3.8, 4) is 0 Å². The van der Waals surface area contributed by atoms with Crippen LogP contribution in [-0.4, -0.2) is 49.6 Å². The zero-order chi connectivity index (χ0) is 16.9. The lowest BCUT2D eigenvalue weighted by atomic mass is 9.86. The predicted octanol–water partition coefficient (Wildman–Crippen LogP) is 3.16. The summed E-state index contributed by atoms with van der Waals surface area (Å²) in [4.78, 5) is 16.9. The lowest BCUT2D eigenvalue weighted by Gasteiger charge is -2.36. The Kier molecular flexibility index (Phi) is 6.01.